The van der Waals surface area contributed by atoms with Crippen LogP contribution in [0.1, 0.15) is 0 Å². The third kappa shape index (κ3) is 2.57. The van der Waals surface area contributed by atoms with Crippen LogP contribution < -0.4 is 5.32 Å². The zero-order valence-corrected chi connectivity index (χ0v) is 8.49. The van der Waals surface area contributed by atoms with Gasteiger partial charge in [0.05, 0.1) is 10.2 Å². The van der Waals surface area contributed by atoms with E-state index in [0.29, 0.717) is 0 Å². The zero-order chi connectivity index (χ0) is 10.0. The quantitative estimate of drug-likeness (QED) is 0.768. The van der Waals surface area contributed by atoms with E-state index in [1.54, 1.807) is 0 Å². The summed E-state index contributed by atoms with van der Waals surface area (Å²) in [7, 11) is 0. The second kappa shape index (κ2) is 3.93. The number of nitrogens with one attached hydrogen (secondary N) is 1. The minimum Gasteiger partial charge on any atom is -0.465 e. The van der Waals surface area contributed by atoms with Gasteiger partial charge in [-0.1, -0.05) is 11.6 Å². The van der Waals surface area contributed by atoms with Gasteiger partial charge in [-0.3, -0.25) is 5.32 Å². The molecule has 6 heteroatoms. The molecule has 13 heavy (non-hydrogen) atoms. The molecule has 2 N–H and O–H groups in total. The number of rotatable bonds is 1. The van der Waals surface area contributed by atoms with Crippen LogP contribution in [0.25, 0.3) is 0 Å². The van der Waals surface area contributed by atoms with Crippen molar-refractivity contribution in [1.29, 1.82) is 0 Å². The molecule has 0 atom stereocenters. The van der Waals surface area contributed by atoms with Gasteiger partial charge in [0, 0.05) is 5.02 Å². The molecule has 0 fully saturated rings. The lowest BCUT2D eigenvalue weighted by atomic mass is 10.3. The topological polar surface area (TPSA) is 49.3 Å². The second-order valence-electron chi connectivity index (χ2n) is 2.18. The summed E-state index contributed by atoms with van der Waals surface area (Å²) in [6, 6.07) is 2.53. The lowest BCUT2D eigenvalue weighted by Crippen LogP contribution is -2.08. The fourth-order valence-electron chi connectivity index (χ4n) is 0.762. The number of amides is 1. The van der Waals surface area contributed by atoms with E-state index in [1.807, 2.05) is 5.32 Å². The fraction of sp³-hybridized carbons (Fsp3) is 0. The molecule has 0 aliphatic carbocycles. The van der Waals surface area contributed by atoms with Gasteiger partial charge in [-0.15, -0.1) is 0 Å². The molecule has 1 aromatic rings. The molecule has 1 aromatic carbocycles. The lowest BCUT2D eigenvalue weighted by Gasteiger charge is -2.04. The van der Waals surface area contributed by atoms with E-state index in [0.717, 1.165) is 0 Å². The van der Waals surface area contributed by atoms with E-state index in [4.69, 9.17) is 16.7 Å². The summed E-state index contributed by atoms with van der Waals surface area (Å²) in [5, 5.41) is 10.5. The Bertz CT molecular complexity index is 359. The van der Waals surface area contributed by atoms with Gasteiger partial charge in [-0.2, -0.15) is 0 Å². The van der Waals surface area contributed by atoms with Crippen LogP contribution in [0.5, 0.6) is 0 Å². The Labute approximate surface area is 86.6 Å². The number of halogens is 3. The van der Waals surface area contributed by atoms with Crippen molar-refractivity contribution in [3.8, 4) is 0 Å². The summed E-state index contributed by atoms with van der Waals surface area (Å²) < 4.78 is 13.2. The van der Waals surface area contributed by atoms with Gasteiger partial charge in [0.1, 0.15) is 0 Å². The Balaban J connectivity index is 3.12. The summed E-state index contributed by atoms with van der Waals surface area (Å²) in [6.07, 6.45) is -1.34. The fourth-order valence-corrected chi connectivity index (χ4v) is 1.57. The van der Waals surface area contributed by atoms with Crippen LogP contribution in [0.15, 0.2) is 16.6 Å². The van der Waals surface area contributed by atoms with Crippen LogP contribution in [0, 0.1) is 5.82 Å². The molecule has 0 aliphatic heterocycles. The van der Waals surface area contributed by atoms with Crippen molar-refractivity contribution in [2.24, 2.45) is 0 Å². The van der Waals surface area contributed by atoms with E-state index >= 15 is 0 Å². The smallest absolute Gasteiger partial charge is 0.409 e. The minimum absolute atomic E-state index is 0.115. The van der Waals surface area contributed by atoms with Gasteiger partial charge in [0.2, 0.25) is 0 Å². The molecule has 0 radical (unpaired) electrons. The highest BCUT2D eigenvalue weighted by atomic mass is 79.9. The summed E-state index contributed by atoms with van der Waals surface area (Å²) >= 11 is 8.47. The molecular weight excluding hydrogens is 264 g/mol. The van der Waals surface area contributed by atoms with Crippen molar-refractivity contribution in [3.63, 3.8) is 0 Å². The van der Waals surface area contributed by atoms with Gasteiger partial charge in [-0.05, 0) is 28.1 Å². The maximum Gasteiger partial charge on any atom is 0.409 e. The largest absolute Gasteiger partial charge is 0.465 e. The van der Waals surface area contributed by atoms with E-state index < -0.39 is 11.9 Å². The van der Waals surface area contributed by atoms with Gasteiger partial charge < -0.3 is 5.11 Å². The Hall–Kier alpha value is -0.810. The lowest BCUT2D eigenvalue weighted by molar-refractivity contribution is 0.209. The molecule has 0 heterocycles. The molecular formula is C7H4BrClFNO2. The Kier molecular flexibility index (Phi) is 3.11. The van der Waals surface area contributed by atoms with Crippen molar-refractivity contribution in [2.75, 3.05) is 5.32 Å². The van der Waals surface area contributed by atoms with Crippen molar-refractivity contribution in [1.82, 2.24) is 0 Å². The Morgan fingerprint density at radius 2 is 2.23 bits per heavy atom. The monoisotopic (exact) mass is 267 g/mol. The van der Waals surface area contributed by atoms with Gasteiger partial charge >= 0.3 is 6.09 Å². The first-order chi connectivity index (χ1) is 6.00. The predicted octanol–water partition coefficient (Wildman–Crippen LogP) is 3.33. The predicted molar refractivity (Wildman–Crippen MR) is 50.8 cm³/mol. The van der Waals surface area contributed by atoms with Crippen LogP contribution in [-0.4, -0.2) is 11.2 Å². The van der Waals surface area contributed by atoms with E-state index in [-0.39, 0.29) is 15.2 Å². The first kappa shape index (κ1) is 10.3. The van der Waals surface area contributed by atoms with Crippen LogP contribution in [0.2, 0.25) is 5.02 Å². The number of hydrogen-bond donors (Lipinski definition) is 2. The molecule has 0 saturated heterocycles. The first-order valence-electron chi connectivity index (χ1n) is 3.15. The van der Waals surface area contributed by atoms with Crippen LogP contribution >= 0.6 is 27.5 Å². The van der Waals surface area contributed by atoms with Crippen LogP contribution in [0.3, 0.4) is 0 Å². The normalized spacial score (nSPS) is 9.77. The summed E-state index contributed by atoms with van der Waals surface area (Å²) in [5.41, 5.74) is -0.174. The first-order valence-corrected chi connectivity index (χ1v) is 4.32. The molecule has 0 aliphatic rings. The van der Waals surface area contributed by atoms with Crippen molar-refractivity contribution >= 4 is 39.3 Å². The average molecular weight is 268 g/mol. The third-order valence-electron chi connectivity index (χ3n) is 1.23. The van der Waals surface area contributed by atoms with Crippen molar-refractivity contribution in [2.45, 2.75) is 0 Å². The van der Waals surface area contributed by atoms with Gasteiger partial charge in [-0.25, -0.2) is 9.18 Å². The van der Waals surface area contributed by atoms with E-state index in [1.165, 1.54) is 12.1 Å². The van der Waals surface area contributed by atoms with Crippen LogP contribution in [0.4, 0.5) is 14.9 Å². The molecule has 0 bridgehead atoms. The molecule has 0 saturated carbocycles. The van der Waals surface area contributed by atoms with Gasteiger partial charge in [0.15, 0.2) is 5.82 Å². The summed E-state index contributed by atoms with van der Waals surface area (Å²) in [5.74, 6) is -0.688. The molecule has 1 amide bonds. The number of anilines is 1. The maximum atomic E-state index is 13.1. The van der Waals surface area contributed by atoms with Crippen molar-refractivity contribution in [3.05, 3.63) is 27.4 Å². The third-order valence-corrected chi connectivity index (χ3v) is 2.03. The maximum absolute atomic E-state index is 13.1. The second-order valence-corrected chi connectivity index (χ2v) is 3.47. The van der Waals surface area contributed by atoms with E-state index in [2.05, 4.69) is 15.9 Å². The van der Waals surface area contributed by atoms with E-state index in [9.17, 15) is 9.18 Å². The average Bonchev–Trinajstić information content (AvgIpc) is 1.98. The standard InChI is InChI=1S/C7H4BrClFNO2/c8-4-1-3(9)2-5(6(4)10)11-7(12)13/h1-2,11H,(H,12,13). The SMILES string of the molecule is O=C(O)Nc1cc(Cl)cc(Br)c1F. The highest BCUT2D eigenvalue weighted by molar-refractivity contribution is 9.10. The highest BCUT2D eigenvalue weighted by Crippen LogP contribution is 2.27. The minimum atomic E-state index is -1.34. The molecule has 0 unspecified atom stereocenters. The molecule has 1 rings (SSSR count). The number of carbonyl (C=O) groups is 1. The Morgan fingerprint density at radius 3 is 2.77 bits per heavy atom. The molecule has 70 valence electrons. The van der Waals surface area contributed by atoms with Crippen molar-refractivity contribution < 1.29 is 14.3 Å². The number of hydrogen-bond acceptors (Lipinski definition) is 1. The zero-order valence-electron chi connectivity index (χ0n) is 6.14. The van der Waals surface area contributed by atoms with Gasteiger partial charge in [0.25, 0.3) is 0 Å². The molecule has 0 spiro atoms. The van der Waals surface area contributed by atoms with Crippen LogP contribution in [-0.2, 0) is 0 Å². The summed E-state index contributed by atoms with van der Waals surface area (Å²) in [6.45, 7) is 0. The molecule has 0 aromatic heterocycles. The Morgan fingerprint density at radius 1 is 1.62 bits per heavy atom. The number of benzene rings is 1. The highest BCUT2D eigenvalue weighted by Gasteiger charge is 2.09. The molecule has 3 nitrogen and oxygen atoms in total. The summed E-state index contributed by atoms with van der Waals surface area (Å²) in [4.78, 5) is 10.2. The number of carboxylic acid groups (broad SMARTS) is 1.